The van der Waals surface area contributed by atoms with E-state index in [4.69, 9.17) is 5.11 Å². The van der Waals surface area contributed by atoms with Crippen LogP contribution in [0.5, 0.6) is 0 Å². The first-order valence-electron chi connectivity index (χ1n) is 6.44. The number of carboxylic acid groups (broad SMARTS) is 1. The first-order chi connectivity index (χ1) is 8.21. The number of carbonyl (C=O) groups is 1. The second kappa shape index (κ2) is 7.74. The van der Waals surface area contributed by atoms with E-state index in [2.05, 4.69) is 4.72 Å². The van der Waals surface area contributed by atoms with Crippen LogP contribution in [-0.2, 0) is 14.8 Å². The molecule has 0 aromatic heterocycles. The van der Waals surface area contributed by atoms with Gasteiger partial charge in [-0.1, -0.05) is 40.5 Å². The molecule has 0 aliphatic rings. The highest BCUT2D eigenvalue weighted by Gasteiger charge is 2.26. The van der Waals surface area contributed by atoms with Crippen molar-refractivity contribution in [2.45, 2.75) is 53.0 Å². The normalized spacial score (nSPS) is 14.1. The molecule has 1 atom stereocenters. The number of aliphatic carboxylic acids is 1. The van der Waals surface area contributed by atoms with Gasteiger partial charge in [-0.05, 0) is 18.3 Å². The van der Waals surface area contributed by atoms with Gasteiger partial charge in [-0.3, -0.25) is 4.79 Å². The van der Waals surface area contributed by atoms with Gasteiger partial charge in [0.15, 0.2) is 0 Å². The number of hydrogen-bond acceptors (Lipinski definition) is 3. The van der Waals surface area contributed by atoms with Crippen molar-refractivity contribution in [1.82, 2.24) is 4.72 Å². The first kappa shape index (κ1) is 17.4. The van der Waals surface area contributed by atoms with Gasteiger partial charge >= 0.3 is 5.97 Å². The van der Waals surface area contributed by atoms with Crippen LogP contribution in [0, 0.1) is 11.8 Å². The Morgan fingerprint density at radius 3 is 2.06 bits per heavy atom. The van der Waals surface area contributed by atoms with Crippen molar-refractivity contribution in [3.63, 3.8) is 0 Å². The molecule has 0 saturated heterocycles. The molecule has 0 fully saturated rings. The molecule has 0 aromatic carbocycles. The molecule has 0 radical (unpaired) electrons. The van der Waals surface area contributed by atoms with Gasteiger partial charge in [-0.2, -0.15) is 0 Å². The first-order valence-corrected chi connectivity index (χ1v) is 8.09. The summed E-state index contributed by atoms with van der Waals surface area (Å²) in [7, 11) is -3.53. The number of rotatable bonds is 9. The fourth-order valence-corrected chi connectivity index (χ4v) is 3.59. The molecule has 0 heterocycles. The highest BCUT2D eigenvalue weighted by Crippen LogP contribution is 2.12. The quantitative estimate of drug-likeness (QED) is 0.674. The molecule has 0 spiro atoms. The fraction of sp³-hybridized carbons (Fsp3) is 0.917. The molecule has 0 amide bonds. The second-order valence-corrected chi connectivity index (χ2v) is 6.90. The summed E-state index contributed by atoms with van der Waals surface area (Å²) in [5.41, 5.74) is 0. The summed E-state index contributed by atoms with van der Waals surface area (Å²) in [5, 5.41) is 9.01. The molecule has 0 bridgehead atoms. The minimum Gasteiger partial charge on any atom is -0.480 e. The van der Waals surface area contributed by atoms with Crippen molar-refractivity contribution in [2.24, 2.45) is 11.8 Å². The van der Waals surface area contributed by atoms with E-state index in [0.29, 0.717) is 6.42 Å². The maximum absolute atomic E-state index is 11.9. The van der Waals surface area contributed by atoms with Crippen molar-refractivity contribution in [3.05, 3.63) is 0 Å². The van der Waals surface area contributed by atoms with Crippen molar-refractivity contribution in [3.8, 4) is 0 Å². The Labute approximate surface area is 110 Å². The van der Waals surface area contributed by atoms with E-state index in [-0.39, 0.29) is 17.6 Å². The Bertz CT molecular complexity index is 347. The minimum absolute atomic E-state index is 0.00186. The van der Waals surface area contributed by atoms with Gasteiger partial charge in [-0.25, -0.2) is 13.1 Å². The van der Waals surface area contributed by atoms with Crippen LogP contribution in [0.4, 0.5) is 0 Å². The number of hydrogen-bond donors (Lipinski definition) is 2. The fourth-order valence-electron chi connectivity index (χ4n) is 1.77. The van der Waals surface area contributed by atoms with Crippen molar-refractivity contribution >= 4 is 16.0 Å². The van der Waals surface area contributed by atoms with Crippen LogP contribution in [0.3, 0.4) is 0 Å². The molecule has 0 saturated carbocycles. The molecular formula is C12H25NO4S. The summed E-state index contributed by atoms with van der Waals surface area (Å²) in [4.78, 5) is 11.0. The Morgan fingerprint density at radius 1 is 1.22 bits per heavy atom. The summed E-state index contributed by atoms with van der Waals surface area (Å²) in [6.07, 6.45) is 1.86. The lowest BCUT2D eigenvalue weighted by Gasteiger charge is -2.19. The molecule has 108 valence electrons. The largest absolute Gasteiger partial charge is 0.480 e. The van der Waals surface area contributed by atoms with Gasteiger partial charge < -0.3 is 5.11 Å². The lowest BCUT2D eigenvalue weighted by atomic mass is 10.1. The summed E-state index contributed by atoms with van der Waals surface area (Å²) in [5.74, 6) is -0.906. The average molecular weight is 279 g/mol. The molecule has 0 rings (SSSR count). The lowest BCUT2D eigenvalue weighted by molar-refractivity contribution is -0.139. The third kappa shape index (κ3) is 6.96. The Morgan fingerprint density at radius 2 is 1.72 bits per heavy atom. The van der Waals surface area contributed by atoms with Crippen LogP contribution < -0.4 is 4.72 Å². The lowest BCUT2D eigenvalue weighted by Crippen LogP contribution is -2.43. The van der Waals surface area contributed by atoms with Gasteiger partial charge in [-0.15, -0.1) is 0 Å². The Kier molecular flexibility index (Phi) is 7.47. The van der Waals surface area contributed by atoms with Crippen LogP contribution in [0.2, 0.25) is 0 Å². The predicted octanol–water partition coefficient (Wildman–Crippen LogP) is 1.84. The zero-order valence-electron chi connectivity index (χ0n) is 11.6. The SMILES string of the molecule is CCC(CC)CS(=O)(=O)N[C@@H](CC(C)C)C(=O)O. The average Bonchev–Trinajstić information content (AvgIpc) is 2.23. The van der Waals surface area contributed by atoms with Crippen molar-refractivity contribution in [1.29, 1.82) is 0 Å². The van der Waals surface area contributed by atoms with Gasteiger partial charge in [0.25, 0.3) is 0 Å². The van der Waals surface area contributed by atoms with E-state index in [0.717, 1.165) is 12.8 Å². The topological polar surface area (TPSA) is 83.5 Å². The number of carboxylic acids is 1. The maximum atomic E-state index is 11.9. The molecule has 6 heteroatoms. The van der Waals surface area contributed by atoms with E-state index in [1.165, 1.54) is 0 Å². The third-order valence-corrected chi connectivity index (χ3v) is 4.49. The van der Waals surface area contributed by atoms with E-state index >= 15 is 0 Å². The second-order valence-electron chi connectivity index (χ2n) is 5.10. The third-order valence-electron chi connectivity index (χ3n) is 2.94. The Balaban J connectivity index is 4.65. The summed E-state index contributed by atoms with van der Waals surface area (Å²) >= 11 is 0. The predicted molar refractivity (Wildman–Crippen MR) is 71.9 cm³/mol. The highest BCUT2D eigenvalue weighted by atomic mass is 32.2. The van der Waals surface area contributed by atoms with Crippen LogP contribution in [0.15, 0.2) is 0 Å². The molecule has 0 aliphatic carbocycles. The monoisotopic (exact) mass is 279 g/mol. The van der Waals surface area contributed by atoms with Gasteiger partial charge in [0.1, 0.15) is 6.04 Å². The Hall–Kier alpha value is -0.620. The molecular weight excluding hydrogens is 254 g/mol. The van der Waals surface area contributed by atoms with Gasteiger partial charge in [0.05, 0.1) is 5.75 Å². The molecule has 0 unspecified atom stereocenters. The zero-order valence-corrected chi connectivity index (χ0v) is 12.5. The summed E-state index contributed by atoms with van der Waals surface area (Å²) < 4.78 is 26.1. The maximum Gasteiger partial charge on any atom is 0.321 e. The molecule has 5 nitrogen and oxygen atoms in total. The summed E-state index contributed by atoms with van der Waals surface area (Å²) in [6.45, 7) is 7.61. The van der Waals surface area contributed by atoms with Crippen LogP contribution in [0.25, 0.3) is 0 Å². The van der Waals surface area contributed by atoms with E-state index in [1.54, 1.807) is 0 Å². The zero-order chi connectivity index (χ0) is 14.3. The number of sulfonamides is 1. The summed E-state index contributed by atoms with van der Waals surface area (Å²) in [6, 6.07) is -1.02. The molecule has 0 aromatic rings. The molecule has 18 heavy (non-hydrogen) atoms. The standard InChI is InChI=1S/C12H25NO4S/c1-5-10(6-2)8-18(16,17)13-11(12(14)15)7-9(3)4/h9-11,13H,5-8H2,1-4H3,(H,14,15)/t11-/m0/s1. The van der Waals surface area contributed by atoms with Gasteiger partial charge in [0, 0.05) is 0 Å². The van der Waals surface area contributed by atoms with E-state index < -0.39 is 22.0 Å². The van der Waals surface area contributed by atoms with E-state index in [9.17, 15) is 13.2 Å². The van der Waals surface area contributed by atoms with Crippen LogP contribution in [0.1, 0.15) is 47.0 Å². The molecule has 2 N–H and O–H groups in total. The number of nitrogens with one attached hydrogen (secondary N) is 1. The van der Waals surface area contributed by atoms with Crippen LogP contribution >= 0.6 is 0 Å². The van der Waals surface area contributed by atoms with Crippen LogP contribution in [-0.4, -0.2) is 31.3 Å². The molecule has 0 aliphatic heterocycles. The smallest absolute Gasteiger partial charge is 0.321 e. The minimum atomic E-state index is -3.53. The van der Waals surface area contributed by atoms with Crippen molar-refractivity contribution in [2.75, 3.05) is 5.75 Å². The highest BCUT2D eigenvalue weighted by molar-refractivity contribution is 7.89. The van der Waals surface area contributed by atoms with Gasteiger partial charge in [0.2, 0.25) is 10.0 Å². The van der Waals surface area contributed by atoms with E-state index in [1.807, 2.05) is 27.7 Å². The van der Waals surface area contributed by atoms with Crippen molar-refractivity contribution < 1.29 is 18.3 Å².